The Bertz CT molecular complexity index is 452. The van der Waals surface area contributed by atoms with Crippen LogP contribution in [0.4, 0.5) is 0 Å². The summed E-state index contributed by atoms with van der Waals surface area (Å²) < 4.78 is 21.4. The molecule has 1 atom stereocenters. The van der Waals surface area contributed by atoms with Gasteiger partial charge in [0.15, 0.2) is 0 Å². The third-order valence-corrected chi connectivity index (χ3v) is 4.05. The van der Waals surface area contributed by atoms with Crippen LogP contribution in [0.1, 0.15) is 26.3 Å². The zero-order chi connectivity index (χ0) is 13.1. The average Bonchev–Trinajstić information content (AvgIpc) is 2.25. The Morgan fingerprint density at radius 2 is 2.06 bits per heavy atom. The van der Waals surface area contributed by atoms with Crippen LogP contribution >= 0.6 is 15.9 Å². The first-order chi connectivity index (χ1) is 7.84. The molecule has 5 heteroatoms. The Hall–Kier alpha value is -0.680. The van der Waals surface area contributed by atoms with Crippen LogP contribution in [-0.2, 0) is 11.0 Å². The molecule has 94 valence electrons. The zero-order valence-electron chi connectivity index (χ0n) is 10.4. The van der Waals surface area contributed by atoms with Crippen molar-refractivity contribution in [1.29, 1.82) is 0 Å². The molecule has 0 aliphatic rings. The van der Waals surface area contributed by atoms with Crippen LogP contribution in [0.2, 0.25) is 0 Å². The van der Waals surface area contributed by atoms with Crippen LogP contribution < -0.4 is 4.74 Å². The monoisotopic (exact) mass is 317 g/mol. The van der Waals surface area contributed by atoms with E-state index in [1.54, 1.807) is 13.3 Å². The predicted molar refractivity (Wildman–Crippen MR) is 76.2 cm³/mol. The van der Waals surface area contributed by atoms with Crippen LogP contribution in [-0.4, -0.2) is 22.3 Å². The predicted octanol–water partition coefficient (Wildman–Crippen LogP) is 3.34. The van der Waals surface area contributed by atoms with Gasteiger partial charge < -0.3 is 4.74 Å². The lowest BCUT2D eigenvalue weighted by atomic mass is 10.2. The Morgan fingerprint density at radius 1 is 1.41 bits per heavy atom. The molecule has 0 radical (unpaired) electrons. The second kappa shape index (κ2) is 5.78. The minimum Gasteiger partial charge on any atom is -0.497 e. The first-order valence-electron chi connectivity index (χ1n) is 5.14. The second-order valence-corrected chi connectivity index (χ2v) is 7.27. The van der Waals surface area contributed by atoms with E-state index in [1.165, 1.54) is 0 Å². The molecule has 0 saturated carbocycles. The molecule has 0 spiro atoms. The maximum Gasteiger partial charge on any atom is 0.144 e. The number of hydrogen-bond acceptors (Lipinski definition) is 2. The van der Waals surface area contributed by atoms with Crippen molar-refractivity contribution in [2.45, 2.75) is 25.5 Å². The van der Waals surface area contributed by atoms with Crippen LogP contribution in [0.3, 0.4) is 0 Å². The summed E-state index contributed by atoms with van der Waals surface area (Å²) in [6.07, 6.45) is 1.62. The SMILES string of the molecule is COc1ccc(/C=N/[S@@](=O)C(C)(C)C)c(Br)c1. The van der Waals surface area contributed by atoms with Gasteiger partial charge in [-0.15, -0.1) is 0 Å². The molecule has 1 aromatic carbocycles. The number of nitrogens with zero attached hydrogens (tertiary/aromatic N) is 1. The van der Waals surface area contributed by atoms with Gasteiger partial charge in [-0.1, -0.05) is 0 Å². The molecule has 0 aromatic heterocycles. The molecule has 0 heterocycles. The fourth-order valence-corrected chi connectivity index (χ4v) is 1.99. The molecule has 0 bridgehead atoms. The van der Waals surface area contributed by atoms with Crippen molar-refractivity contribution in [3.63, 3.8) is 0 Å². The first-order valence-corrected chi connectivity index (χ1v) is 7.04. The molecule has 1 aromatic rings. The topological polar surface area (TPSA) is 38.7 Å². The Balaban J connectivity index is 2.89. The van der Waals surface area contributed by atoms with Gasteiger partial charge in [0.1, 0.15) is 16.7 Å². The van der Waals surface area contributed by atoms with E-state index < -0.39 is 11.0 Å². The molecular formula is C12H16BrNO2S. The molecule has 0 unspecified atom stereocenters. The maximum atomic E-state index is 11.7. The van der Waals surface area contributed by atoms with Gasteiger partial charge in [0, 0.05) is 16.3 Å². The lowest BCUT2D eigenvalue weighted by Crippen LogP contribution is -2.19. The first kappa shape index (κ1) is 14.4. The minimum atomic E-state index is -1.24. The number of benzene rings is 1. The van der Waals surface area contributed by atoms with E-state index in [0.29, 0.717) is 0 Å². The van der Waals surface area contributed by atoms with Crippen molar-refractivity contribution in [2.75, 3.05) is 7.11 Å². The number of rotatable bonds is 3. The van der Waals surface area contributed by atoms with Crippen molar-refractivity contribution >= 4 is 33.1 Å². The normalized spacial score (nSPS) is 13.9. The Kier molecular flexibility index (Phi) is 4.89. The smallest absolute Gasteiger partial charge is 0.144 e. The third-order valence-electron chi connectivity index (χ3n) is 2.02. The van der Waals surface area contributed by atoms with E-state index >= 15 is 0 Å². The molecule has 0 amide bonds. The summed E-state index contributed by atoms with van der Waals surface area (Å²) in [6.45, 7) is 5.68. The molecule has 0 aliphatic heterocycles. The van der Waals surface area contributed by atoms with Crippen LogP contribution in [0, 0.1) is 0 Å². The standard InChI is InChI=1S/C12H16BrNO2S/c1-12(2,3)17(15)14-8-9-5-6-10(16-4)7-11(9)13/h5-8H,1-4H3/b14-8+/t17-/m0/s1. The highest BCUT2D eigenvalue weighted by molar-refractivity contribution is 9.10. The van der Waals surface area contributed by atoms with E-state index in [9.17, 15) is 4.21 Å². The average molecular weight is 318 g/mol. The third kappa shape index (κ3) is 4.24. The van der Waals surface area contributed by atoms with Crippen LogP contribution in [0.5, 0.6) is 5.75 Å². The molecular weight excluding hydrogens is 302 g/mol. The summed E-state index contributed by atoms with van der Waals surface area (Å²) in [7, 11) is 0.379. The van der Waals surface area contributed by atoms with E-state index in [2.05, 4.69) is 20.3 Å². The Morgan fingerprint density at radius 3 is 2.53 bits per heavy atom. The van der Waals surface area contributed by atoms with Gasteiger partial charge in [-0.3, -0.25) is 0 Å². The summed E-state index contributed by atoms with van der Waals surface area (Å²) in [5.74, 6) is 0.769. The highest BCUT2D eigenvalue weighted by Crippen LogP contribution is 2.22. The summed E-state index contributed by atoms with van der Waals surface area (Å²) in [5.41, 5.74) is 0.878. The molecule has 0 N–H and O–H groups in total. The van der Waals surface area contributed by atoms with E-state index in [-0.39, 0.29) is 4.75 Å². The fourth-order valence-electron chi connectivity index (χ4n) is 1.00. The summed E-state index contributed by atoms with van der Waals surface area (Å²) in [5, 5.41) is 0. The highest BCUT2D eigenvalue weighted by atomic mass is 79.9. The zero-order valence-corrected chi connectivity index (χ0v) is 12.8. The van der Waals surface area contributed by atoms with E-state index in [0.717, 1.165) is 15.8 Å². The molecule has 0 aliphatic carbocycles. The Labute approximate surface area is 113 Å². The maximum absolute atomic E-state index is 11.7. The van der Waals surface area contributed by atoms with Gasteiger partial charge in [-0.2, -0.15) is 4.40 Å². The largest absolute Gasteiger partial charge is 0.497 e. The van der Waals surface area contributed by atoms with Crippen molar-refractivity contribution < 1.29 is 8.95 Å². The van der Waals surface area contributed by atoms with Crippen molar-refractivity contribution in [2.24, 2.45) is 4.40 Å². The van der Waals surface area contributed by atoms with Gasteiger partial charge in [-0.25, -0.2) is 4.21 Å². The molecule has 0 fully saturated rings. The highest BCUT2D eigenvalue weighted by Gasteiger charge is 2.18. The minimum absolute atomic E-state index is 0.338. The van der Waals surface area contributed by atoms with Gasteiger partial charge in [0.25, 0.3) is 0 Å². The van der Waals surface area contributed by atoms with Gasteiger partial charge in [-0.05, 0) is 54.9 Å². The number of methoxy groups -OCH3 is 1. The van der Waals surface area contributed by atoms with Crippen molar-refractivity contribution in [3.8, 4) is 5.75 Å². The van der Waals surface area contributed by atoms with Gasteiger partial charge in [0.2, 0.25) is 0 Å². The van der Waals surface area contributed by atoms with Crippen LogP contribution in [0.15, 0.2) is 27.1 Å². The number of ether oxygens (including phenoxy) is 1. The van der Waals surface area contributed by atoms with E-state index in [4.69, 9.17) is 4.74 Å². The van der Waals surface area contributed by atoms with Crippen LogP contribution in [0.25, 0.3) is 0 Å². The molecule has 17 heavy (non-hydrogen) atoms. The number of halogens is 1. The summed E-state index contributed by atoms with van der Waals surface area (Å²) in [6, 6.07) is 5.56. The second-order valence-electron chi connectivity index (χ2n) is 4.48. The van der Waals surface area contributed by atoms with Gasteiger partial charge in [0.05, 0.1) is 11.9 Å². The lowest BCUT2D eigenvalue weighted by Gasteiger charge is -2.12. The fraction of sp³-hybridized carbons (Fsp3) is 0.417. The van der Waals surface area contributed by atoms with Crippen molar-refractivity contribution in [1.82, 2.24) is 0 Å². The van der Waals surface area contributed by atoms with Crippen molar-refractivity contribution in [3.05, 3.63) is 28.2 Å². The van der Waals surface area contributed by atoms with E-state index in [1.807, 2.05) is 39.0 Å². The molecule has 3 nitrogen and oxygen atoms in total. The summed E-state index contributed by atoms with van der Waals surface area (Å²) >= 11 is 3.42. The molecule has 0 saturated heterocycles. The number of hydrogen-bond donors (Lipinski definition) is 0. The molecule has 1 rings (SSSR count). The quantitative estimate of drug-likeness (QED) is 0.802. The van der Waals surface area contributed by atoms with Gasteiger partial charge >= 0.3 is 0 Å². The summed E-state index contributed by atoms with van der Waals surface area (Å²) in [4.78, 5) is 0. The lowest BCUT2D eigenvalue weighted by molar-refractivity contribution is 0.414.